The van der Waals surface area contributed by atoms with E-state index >= 15 is 0 Å². The van der Waals surface area contributed by atoms with Crippen molar-refractivity contribution in [2.75, 3.05) is 12.4 Å². The van der Waals surface area contributed by atoms with Gasteiger partial charge in [0.1, 0.15) is 0 Å². The number of ether oxygens (including phenoxy) is 2. The third-order valence-corrected chi connectivity index (χ3v) is 3.17. The lowest BCUT2D eigenvalue weighted by Gasteiger charge is -2.23. The number of rotatable bonds is 2. The number of hydrogen-bond donors (Lipinski definition) is 1. The van der Waals surface area contributed by atoms with Gasteiger partial charge in [-0.25, -0.2) is 0 Å². The Hall–Kier alpha value is -0.220. The third-order valence-electron chi connectivity index (χ3n) is 2.51. The van der Waals surface area contributed by atoms with Crippen molar-refractivity contribution in [3.63, 3.8) is 0 Å². The smallest absolute Gasteiger partial charge is 0.192 e. The zero-order chi connectivity index (χ0) is 10.9. The highest BCUT2D eigenvalue weighted by atomic mass is 35.5. The highest BCUT2D eigenvalue weighted by Crippen LogP contribution is 2.34. The molecule has 1 saturated heterocycles. The highest BCUT2D eigenvalue weighted by Gasteiger charge is 2.38. The van der Waals surface area contributed by atoms with Crippen LogP contribution >= 0.6 is 24.2 Å². The fourth-order valence-electron chi connectivity index (χ4n) is 1.63. The summed E-state index contributed by atoms with van der Waals surface area (Å²) in [6, 6.07) is 7.51. The molecule has 82 valence electrons. The Balaban J connectivity index is 2.20. The molecule has 0 saturated carbocycles. The van der Waals surface area contributed by atoms with Crippen LogP contribution in [-0.4, -0.2) is 18.5 Å². The minimum absolute atomic E-state index is 0.0639. The van der Waals surface area contributed by atoms with Gasteiger partial charge in [-0.1, -0.05) is 23.7 Å². The van der Waals surface area contributed by atoms with Crippen molar-refractivity contribution in [3.05, 3.63) is 34.9 Å². The van der Waals surface area contributed by atoms with Crippen LogP contribution in [0.15, 0.2) is 24.3 Å². The Morgan fingerprint density at radius 2 is 2.13 bits per heavy atom. The number of thiol groups is 1. The maximum absolute atomic E-state index is 5.83. The topological polar surface area (TPSA) is 18.5 Å². The van der Waals surface area contributed by atoms with E-state index in [4.69, 9.17) is 21.1 Å². The third kappa shape index (κ3) is 2.31. The van der Waals surface area contributed by atoms with E-state index in [2.05, 4.69) is 12.6 Å². The van der Waals surface area contributed by atoms with Crippen LogP contribution in [0, 0.1) is 0 Å². The van der Waals surface area contributed by atoms with Gasteiger partial charge in [0.05, 0.1) is 12.7 Å². The van der Waals surface area contributed by atoms with E-state index in [1.165, 1.54) is 0 Å². The SMILES string of the molecule is CC1(c2ccc(Cl)cc2)OCC(CS)O1. The van der Waals surface area contributed by atoms with Crippen LogP contribution in [0.1, 0.15) is 12.5 Å². The van der Waals surface area contributed by atoms with Crippen molar-refractivity contribution in [2.45, 2.75) is 18.8 Å². The van der Waals surface area contributed by atoms with Crippen LogP contribution in [0.5, 0.6) is 0 Å². The van der Waals surface area contributed by atoms with Crippen LogP contribution < -0.4 is 0 Å². The van der Waals surface area contributed by atoms with Gasteiger partial charge in [0.15, 0.2) is 5.79 Å². The molecule has 2 nitrogen and oxygen atoms in total. The lowest BCUT2D eigenvalue weighted by molar-refractivity contribution is -0.159. The molecule has 4 heteroatoms. The van der Waals surface area contributed by atoms with Crippen LogP contribution in [0.3, 0.4) is 0 Å². The van der Waals surface area contributed by atoms with E-state index < -0.39 is 5.79 Å². The summed E-state index contributed by atoms with van der Waals surface area (Å²) in [5.74, 6) is 0.0150. The second-order valence-corrected chi connectivity index (χ2v) is 4.49. The van der Waals surface area contributed by atoms with Gasteiger partial charge in [-0.2, -0.15) is 12.6 Å². The molecule has 0 N–H and O–H groups in total. The summed E-state index contributed by atoms with van der Waals surface area (Å²) in [5, 5.41) is 0.714. The largest absolute Gasteiger partial charge is 0.343 e. The van der Waals surface area contributed by atoms with Gasteiger partial charge in [0, 0.05) is 16.3 Å². The molecule has 1 aromatic rings. The molecule has 1 aliphatic heterocycles. The van der Waals surface area contributed by atoms with Gasteiger partial charge >= 0.3 is 0 Å². The maximum atomic E-state index is 5.83. The molecular weight excluding hydrogens is 232 g/mol. The first-order valence-electron chi connectivity index (χ1n) is 4.83. The first-order valence-corrected chi connectivity index (χ1v) is 5.84. The van der Waals surface area contributed by atoms with Crippen molar-refractivity contribution in [1.29, 1.82) is 0 Å². The normalized spacial score (nSPS) is 30.7. The van der Waals surface area contributed by atoms with Crippen molar-refractivity contribution in [2.24, 2.45) is 0 Å². The molecule has 2 atom stereocenters. The maximum Gasteiger partial charge on any atom is 0.192 e. The minimum atomic E-state index is -0.655. The molecule has 1 aromatic carbocycles. The summed E-state index contributed by atoms with van der Waals surface area (Å²) in [7, 11) is 0. The molecule has 15 heavy (non-hydrogen) atoms. The predicted octanol–water partition coefficient (Wildman–Crippen LogP) is 2.86. The van der Waals surface area contributed by atoms with Gasteiger partial charge < -0.3 is 9.47 Å². The monoisotopic (exact) mass is 244 g/mol. The van der Waals surface area contributed by atoms with Crippen molar-refractivity contribution in [3.8, 4) is 0 Å². The van der Waals surface area contributed by atoms with E-state index in [1.54, 1.807) is 0 Å². The quantitative estimate of drug-likeness (QED) is 0.807. The molecule has 0 aliphatic carbocycles. The van der Waals surface area contributed by atoms with E-state index in [0.29, 0.717) is 17.4 Å². The van der Waals surface area contributed by atoms with E-state index in [-0.39, 0.29) is 6.10 Å². The second-order valence-electron chi connectivity index (χ2n) is 3.69. The van der Waals surface area contributed by atoms with Gasteiger partial charge in [0.2, 0.25) is 0 Å². The zero-order valence-electron chi connectivity index (χ0n) is 8.44. The molecule has 0 radical (unpaired) electrons. The van der Waals surface area contributed by atoms with Crippen molar-refractivity contribution < 1.29 is 9.47 Å². The van der Waals surface area contributed by atoms with Crippen LogP contribution in [0.4, 0.5) is 0 Å². The molecule has 1 heterocycles. The van der Waals surface area contributed by atoms with Crippen LogP contribution in [0.25, 0.3) is 0 Å². The number of hydrogen-bond acceptors (Lipinski definition) is 3. The summed E-state index contributed by atoms with van der Waals surface area (Å²) in [5.41, 5.74) is 0.983. The number of benzene rings is 1. The Morgan fingerprint density at radius 1 is 1.47 bits per heavy atom. The Labute approximate surface area is 99.9 Å². The summed E-state index contributed by atoms with van der Waals surface area (Å²) < 4.78 is 11.4. The standard InChI is InChI=1S/C11H13ClO2S/c1-11(13-6-10(7-15)14-11)8-2-4-9(12)5-3-8/h2-5,10,15H,6-7H2,1H3. The average Bonchev–Trinajstić information content (AvgIpc) is 2.62. The van der Waals surface area contributed by atoms with E-state index in [9.17, 15) is 0 Å². The zero-order valence-corrected chi connectivity index (χ0v) is 10.1. The Kier molecular flexibility index (Phi) is 3.26. The van der Waals surface area contributed by atoms with Crippen LogP contribution in [-0.2, 0) is 15.3 Å². The first kappa shape index (κ1) is 11.3. The van der Waals surface area contributed by atoms with Crippen molar-refractivity contribution in [1.82, 2.24) is 0 Å². The fraction of sp³-hybridized carbons (Fsp3) is 0.455. The van der Waals surface area contributed by atoms with Gasteiger partial charge in [-0.3, -0.25) is 0 Å². The Morgan fingerprint density at radius 3 is 2.67 bits per heavy atom. The van der Waals surface area contributed by atoms with Crippen molar-refractivity contribution >= 4 is 24.2 Å². The lowest BCUT2D eigenvalue weighted by atomic mass is 10.1. The van der Waals surface area contributed by atoms with Gasteiger partial charge in [0.25, 0.3) is 0 Å². The Bertz CT molecular complexity index is 341. The molecule has 1 aliphatic rings. The summed E-state index contributed by atoms with van der Waals surface area (Å²) in [4.78, 5) is 0. The number of halogens is 1. The lowest BCUT2D eigenvalue weighted by Crippen LogP contribution is -2.24. The predicted molar refractivity (Wildman–Crippen MR) is 63.5 cm³/mol. The minimum Gasteiger partial charge on any atom is -0.343 e. The highest BCUT2D eigenvalue weighted by molar-refractivity contribution is 7.80. The van der Waals surface area contributed by atoms with Gasteiger partial charge in [-0.15, -0.1) is 0 Å². The molecule has 0 bridgehead atoms. The summed E-state index contributed by atoms with van der Waals surface area (Å²) in [6.45, 7) is 2.50. The molecule has 1 fully saturated rings. The van der Waals surface area contributed by atoms with E-state index in [1.807, 2.05) is 31.2 Å². The summed E-state index contributed by atoms with van der Waals surface area (Å²) in [6.07, 6.45) is 0.0639. The van der Waals surface area contributed by atoms with Crippen LogP contribution in [0.2, 0.25) is 5.02 Å². The molecule has 2 unspecified atom stereocenters. The molecular formula is C11H13ClO2S. The summed E-state index contributed by atoms with van der Waals surface area (Å²) >= 11 is 10.0. The molecule has 0 amide bonds. The van der Waals surface area contributed by atoms with E-state index in [0.717, 1.165) is 5.56 Å². The van der Waals surface area contributed by atoms with Gasteiger partial charge in [-0.05, 0) is 19.1 Å². The molecule has 2 rings (SSSR count). The first-order chi connectivity index (χ1) is 7.14. The fourth-order valence-corrected chi connectivity index (χ4v) is 1.94. The second kappa shape index (κ2) is 4.34. The molecule has 0 spiro atoms. The molecule has 0 aromatic heterocycles. The average molecular weight is 245 g/mol.